The standard InChI is InChI=1S/C19H26N2OS/c1-3-5-7-9-15-22-17-13-11-16(12-14-17)19-21-20-18(23-19)10-8-6-4-2/h3,5,11-14H,4,6-10,15H2,1-2H3. The molecule has 0 aliphatic carbocycles. The van der Waals surface area contributed by atoms with Crippen molar-refractivity contribution < 1.29 is 4.74 Å². The molecule has 0 saturated carbocycles. The van der Waals surface area contributed by atoms with Gasteiger partial charge < -0.3 is 4.74 Å². The maximum Gasteiger partial charge on any atom is 0.147 e. The number of allylic oxidation sites excluding steroid dienone is 2. The van der Waals surface area contributed by atoms with Gasteiger partial charge in [-0.15, -0.1) is 10.2 Å². The molecule has 0 atom stereocenters. The second-order valence-electron chi connectivity index (χ2n) is 5.54. The molecule has 3 nitrogen and oxygen atoms in total. The Labute approximate surface area is 143 Å². The van der Waals surface area contributed by atoms with Gasteiger partial charge in [-0.2, -0.15) is 0 Å². The van der Waals surface area contributed by atoms with Crippen molar-refractivity contribution in [1.29, 1.82) is 0 Å². The van der Waals surface area contributed by atoms with E-state index in [0.717, 1.165) is 47.2 Å². The van der Waals surface area contributed by atoms with Gasteiger partial charge in [0.05, 0.1) is 6.61 Å². The fourth-order valence-electron chi connectivity index (χ4n) is 2.25. The fraction of sp³-hybridized carbons (Fsp3) is 0.474. The summed E-state index contributed by atoms with van der Waals surface area (Å²) in [7, 11) is 0. The number of aromatic nitrogens is 2. The smallest absolute Gasteiger partial charge is 0.147 e. The van der Waals surface area contributed by atoms with Crippen LogP contribution in [0.15, 0.2) is 36.4 Å². The van der Waals surface area contributed by atoms with Gasteiger partial charge in [0.1, 0.15) is 15.8 Å². The Kier molecular flexibility index (Phi) is 7.81. The normalized spacial score (nSPS) is 11.2. The monoisotopic (exact) mass is 330 g/mol. The van der Waals surface area contributed by atoms with E-state index in [9.17, 15) is 0 Å². The molecule has 0 aliphatic heterocycles. The quantitative estimate of drug-likeness (QED) is 0.415. The summed E-state index contributed by atoms with van der Waals surface area (Å²) < 4.78 is 5.75. The molecule has 0 amide bonds. The first kappa shape index (κ1) is 17.7. The highest BCUT2D eigenvalue weighted by Crippen LogP contribution is 2.26. The average Bonchev–Trinajstić information content (AvgIpc) is 3.04. The van der Waals surface area contributed by atoms with Crippen molar-refractivity contribution in [2.75, 3.05) is 6.61 Å². The highest BCUT2D eigenvalue weighted by molar-refractivity contribution is 7.14. The minimum absolute atomic E-state index is 0.754. The zero-order chi connectivity index (χ0) is 16.3. The first-order valence-electron chi connectivity index (χ1n) is 8.50. The summed E-state index contributed by atoms with van der Waals surface area (Å²) in [5.41, 5.74) is 1.12. The number of hydrogen-bond donors (Lipinski definition) is 0. The van der Waals surface area contributed by atoms with Crippen LogP contribution in [0.1, 0.15) is 51.0 Å². The van der Waals surface area contributed by atoms with Crippen molar-refractivity contribution >= 4 is 11.3 Å². The van der Waals surface area contributed by atoms with Gasteiger partial charge in [-0.3, -0.25) is 0 Å². The van der Waals surface area contributed by atoms with Gasteiger partial charge in [0.15, 0.2) is 0 Å². The number of rotatable bonds is 10. The zero-order valence-corrected chi connectivity index (χ0v) is 14.9. The van der Waals surface area contributed by atoms with Crippen molar-refractivity contribution in [3.05, 3.63) is 41.4 Å². The number of benzene rings is 1. The lowest BCUT2D eigenvalue weighted by Crippen LogP contribution is -1.96. The molecule has 2 rings (SSSR count). The third-order valence-corrected chi connectivity index (χ3v) is 4.61. The molecule has 4 heteroatoms. The van der Waals surface area contributed by atoms with E-state index in [0.29, 0.717) is 0 Å². The van der Waals surface area contributed by atoms with Gasteiger partial charge in [0, 0.05) is 12.0 Å². The first-order valence-corrected chi connectivity index (χ1v) is 9.32. The van der Waals surface area contributed by atoms with Gasteiger partial charge in [0.25, 0.3) is 0 Å². The molecule has 2 aromatic rings. The van der Waals surface area contributed by atoms with Gasteiger partial charge in [-0.1, -0.05) is 43.3 Å². The third-order valence-electron chi connectivity index (χ3n) is 3.58. The number of nitrogens with zero attached hydrogens (tertiary/aromatic N) is 2. The topological polar surface area (TPSA) is 35.0 Å². The second-order valence-corrected chi connectivity index (χ2v) is 6.60. The van der Waals surface area contributed by atoms with Crippen LogP contribution in [0.4, 0.5) is 0 Å². The summed E-state index contributed by atoms with van der Waals surface area (Å²) in [6, 6.07) is 8.17. The van der Waals surface area contributed by atoms with Crippen LogP contribution >= 0.6 is 11.3 Å². The molecule has 0 fully saturated rings. The van der Waals surface area contributed by atoms with Crippen LogP contribution in [0.5, 0.6) is 5.75 Å². The van der Waals surface area contributed by atoms with Crippen molar-refractivity contribution in [2.45, 2.75) is 52.4 Å². The van der Waals surface area contributed by atoms with Gasteiger partial charge in [-0.25, -0.2) is 0 Å². The van der Waals surface area contributed by atoms with Crippen LogP contribution < -0.4 is 4.74 Å². The Hall–Kier alpha value is -1.68. The maximum atomic E-state index is 5.75. The molecule has 0 spiro atoms. The molecule has 1 heterocycles. The number of hydrogen-bond acceptors (Lipinski definition) is 4. The second kappa shape index (κ2) is 10.2. The fourth-order valence-corrected chi connectivity index (χ4v) is 3.14. The molecule has 0 N–H and O–H groups in total. The van der Waals surface area contributed by atoms with E-state index >= 15 is 0 Å². The number of aryl methyl sites for hydroxylation is 1. The average molecular weight is 330 g/mol. The lowest BCUT2D eigenvalue weighted by Gasteiger charge is -2.05. The molecule has 0 aliphatic rings. The van der Waals surface area contributed by atoms with E-state index in [1.165, 1.54) is 19.3 Å². The minimum Gasteiger partial charge on any atom is -0.494 e. The van der Waals surface area contributed by atoms with Crippen molar-refractivity contribution in [2.24, 2.45) is 0 Å². The predicted molar refractivity (Wildman–Crippen MR) is 98.1 cm³/mol. The number of ether oxygens (including phenoxy) is 1. The molecule has 0 saturated heterocycles. The van der Waals surface area contributed by atoms with Gasteiger partial charge in [0.2, 0.25) is 0 Å². The van der Waals surface area contributed by atoms with Gasteiger partial charge >= 0.3 is 0 Å². The van der Waals surface area contributed by atoms with E-state index < -0.39 is 0 Å². The molecule has 0 radical (unpaired) electrons. The lowest BCUT2D eigenvalue weighted by molar-refractivity contribution is 0.312. The summed E-state index contributed by atoms with van der Waals surface area (Å²) in [6.07, 6.45) is 11.1. The highest BCUT2D eigenvalue weighted by atomic mass is 32.1. The SMILES string of the molecule is CC=CCCCOc1ccc(-c2nnc(CCCCC)s2)cc1. The molecule has 1 aromatic carbocycles. The maximum absolute atomic E-state index is 5.75. The third kappa shape index (κ3) is 6.14. The molecular weight excluding hydrogens is 304 g/mol. The van der Waals surface area contributed by atoms with Crippen LogP contribution in [0, 0.1) is 0 Å². The zero-order valence-electron chi connectivity index (χ0n) is 14.1. The molecule has 0 unspecified atom stereocenters. The van der Waals surface area contributed by atoms with Crippen LogP contribution in [0.2, 0.25) is 0 Å². The highest BCUT2D eigenvalue weighted by Gasteiger charge is 2.06. The lowest BCUT2D eigenvalue weighted by atomic mass is 10.2. The Bertz CT molecular complexity index is 590. The summed E-state index contributed by atoms with van der Waals surface area (Å²) in [5.74, 6) is 0.918. The summed E-state index contributed by atoms with van der Waals surface area (Å²) >= 11 is 1.70. The molecule has 0 bridgehead atoms. The summed E-state index contributed by atoms with van der Waals surface area (Å²) in [4.78, 5) is 0. The number of unbranched alkanes of at least 4 members (excludes halogenated alkanes) is 3. The largest absolute Gasteiger partial charge is 0.494 e. The van der Waals surface area contributed by atoms with Crippen LogP contribution in [-0.4, -0.2) is 16.8 Å². The van der Waals surface area contributed by atoms with E-state index in [-0.39, 0.29) is 0 Å². The molecule has 23 heavy (non-hydrogen) atoms. The van der Waals surface area contributed by atoms with E-state index in [4.69, 9.17) is 4.74 Å². The summed E-state index contributed by atoms with van der Waals surface area (Å²) in [6.45, 7) is 5.02. The predicted octanol–water partition coefficient (Wildman–Crippen LogP) is 5.67. The Balaban J connectivity index is 1.84. The van der Waals surface area contributed by atoms with E-state index in [2.05, 4.69) is 41.4 Å². The van der Waals surface area contributed by atoms with Crippen molar-refractivity contribution in [3.63, 3.8) is 0 Å². The molecular formula is C19H26N2OS. The van der Waals surface area contributed by atoms with Crippen molar-refractivity contribution in [1.82, 2.24) is 10.2 Å². The van der Waals surface area contributed by atoms with Crippen LogP contribution in [0.3, 0.4) is 0 Å². The van der Waals surface area contributed by atoms with E-state index in [1.54, 1.807) is 11.3 Å². The molecule has 1 aromatic heterocycles. The van der Waals surface area contributed by atoms with Crippen LogP contribution in [-0.2, 0) is 6.42 Å². The van der Waals surface area contributed by atoms with Gasteiger partial charge in [-0.05, 0) is 50.5 Å². The summed E-state index contributed by atoms with van der Waals surface area (Å²) in [5, 5.41) is 10.7. The first-order chi connectivity index (χ1) is 11.3. The van der Waals surface area contributed by atoms with Crippen LogP contribution in [0.25, 0.3) is 10.6 Å². The minimum atomic E-state index is 0.754. The Morgan fingerprint density at radius 3 is 2.65 bits per heavy atom. The van der Waals surface area contributed by atoms with E-state index in [1.807, 2.05) is 19.1 Å². The Morgan fingerprint density at radius 1 is 1.09 bits per heavy atom. The molecule has 124 valence electrons. The van der Waals surface area contributed by atoms with Crippen molar-refractivity contribution in [3.8, 4) is 16.3 Å². The Morgan fingerprint density at radius 2 is 1.91 bits per heavy atom.